The summed E-state index contributed by atoms with van der Waals surface area (Å²) < 4.78 is 6.08. The Hall–Kier alpha value is -2.96. The number of fused-ring (bicyclic) bond motifs is 1. The highest BCUT2D eigenvalue weighted by molar-refractivity contribution is 5.83. The van der Waals surface area contributed by atoms with Crippen molar-refractivity contribution >= 4 is 16.7 Å². The van der Waals surface area contributed by atoms with E-state index >= 15 is 0 Å². The monoisotopic (exact) mass is 474 g/mol. The van der Waals surface area contributed by atoms with Crippen LogP contribution in [0, 0.1) is 18.8 Å². The highest BCUT2D eigenvalue weighted by Gasteiger charge is 2.32. The molecule has 1 amide bonds. The largest absolute Gasteiger partial charge is 0.492 e. The van der Waals surface area contributed by atoms with Crippen molar-refractivity contribution in [3.8, 4) is 5.75 Å². The predicted octanol–water partition coefficient (Wildman–Crippen LogP) is 4.13. The Balaban J connectivity index is 1.41. The summed E-state index contributed by atoms with van der Waals surface area (Å²) in [5, 5.41) is 5.68. The van der Waals surface area contributed by atoms with Crippen LogP contribution in [0.25, 0.3) is 10.8 Å². The number of carbonyl (C=O) groups excluding carboxylic acids is 1. The molecule has 0 unspecified atom stereocenters. The number of nitrogens with one attached hydrogen (secondary N) is 1. The van der Waals surface area contributed by atoms with Crippen molar-refractivity contribution < 1.29 is 9.53 Å². The number of nitrogens with zero attached hydrogens (tertiary/aromatic N) is 3. The molecule has 1 aromatic heterocycles. The molecule has 0 radical (unpaired) electrons. The van der Waals surface area contributed by atoms with Gasteiger partial charge < -0.3 is 15.0 Å². The first-order valence-corrected chi connectivity index (χ1v) is 12.6. The number of ether oxygens (including phenoxy) is 1. The predicted molar refractivity (Wildman–Crippen MR) is 141 cm³/mol. The van der Waals surface area contributed by atoms with Gasteiger partial charge in [0.15, 0.2) is 0 Å². The van der Waals surface area contributed by atoms with E-state index in [1.54, 1.807) is 6.20 Å². The highest BCUT2D eigenvalue weighted by atomic mass is 16.5. The van der Waals surface area contributed by atoms with E-state index in [4.69, 9.17) is 4.74 Å². The number of hydrogen-bond acceptors (Lipinski definition) is 5. The van der Waals surface area contributed by atoms with Gasteiger partial charge in [0.05, 0.1) is 18.7 Å². The Labute approximate surface area is 209 Å². The van der Waals surface area contributed by atoms with Crippen LogP contribution in [0.4, 0.5) is 0 Å². The third-order valence-electron chi connectivity index (χ3n) is 6.65. The molecular formula is C29H38N4O2. The Bertz CT molecular complexity index is 1100. The van der Waals surface area contributed by atoms with Gasteiger partial charge >= 0.3 is 0 Å². The zero-order chi connectivity index (χ0) is 24.6. The molecule has 1 fully saturated rings. The number of pyridine rings is 1. The maximum atomic E-state index is 13.1. The maximum absolute atomic E-state index is 13.1. The molecule has 186 valence electrons. The van der Waals surface area contributed by atoms with E-state index < -0.39 is 0 Å². The molecule has 2 atom stereocenters. The van der Waals surface area contributed by atoms with Crippen molar-refractivity contribution in [2.45, 2.75) is 26.3 Å². The zero-order valence-corrected chi connectivity index (χ0v) is 21.2. The Morgan fingerprint density at radius 1 is 1.11 bits per heavy atom. The van der Waals surface area contributed by atoms with Gasteiger partial charge in [-0.2, -0.15) is 0 Å². The van der Waals surface area contributed by atoms with Crippen LogP contribution >= 0.6 is 0 Å². The van der Waals surface area contributed by atoms with Crippen molar-refractivity contribution in [2.24, 2.45) is 11.8 Å². The van der Waals surface area contributed by atoms with Crippen LogP contribution < -0.4 is 10.1 Å². The van der Waals surface area contributed by atoms with Crippen LogP contribution in [-0.2, 0) is 11.3 Å². The number of hydrogen-bond donors (Lipinski definition) is 1. The fraction of sp³-hybridized carbons (Fsp3) is 0.448. The lowest BCUT2D eigenvalue weighted by atomic mass is 9.88. The van der Waals surface area contributed by atoms with Gasteiger partial charge in [0, 0.05) is 37.8 Å². The first kappa shape index (κ1) is 25.1. The van der Waals surface area contributed by atoms with Gasteiger partial charge in [-0.25, -0.2) is 0 Å². The molecule has 0 aliphatic carbocycles. The minimum absolute atomic E-state index is 0.0340. The van der Waals surface area contributed by atoms with E-state index in [0.717, 1.165) is 50.5 Å². The number of amides is 1. The van der Waals surface area contributed by atoms with E-state index in [1.807, 2.05) is 19.1 Å². The van der Waals surface area contributed by atoms with E-state index in [0.29, 0.717) is 13.2 Å². The molecule has 6 heteroatoms. The van der Waals surface area contributed by atoms with Gasteiger partial charge in [-0.3, -0.25) is 14.7 Å². The van der Waals surface area contributed by atoms with Gasteiger partial charge in [-0.05, 0) is 74.9 Å². The summed E-state index contributed by atoms with van der Waals surface area (Å²) in [4.78, 5) is 22.0. The van der Waals surface area contributed by atoms with Crippen LogP contribution in [0.3, 0.4) is 0 Å². The number of carbonyl (C=O) groups is 1. The SMILES string of the molecule is Cc1ccc(OC[C@H]2C[C@@H](C(=O)NCCCN(C)C)CN(Cc3ccc4ccccc4c3)C2)cn1. The Morgan fingerprint density at radius 3 is 2.71 bits per heavy atom. The molecule has 3 aromatic rings. The second-order valence-electron chi connectivity index (χ2n) is 10.1. The molecule has 0 bridgehead atoms. The van der Waals surface area contributed by atoms with E-state index in [-0.39, 0.29) is 17.7 Å². The molecule has 6 nitrogen and oxygen atoms in total. The fourth-order valence-electron chi connectivity index (χ4n) is 4.84. The average Bonchev–Trinajstić information content (AvgIpc) is 2.86. The summed E-state index contributed by atoms with van der Waals surface area (Å²) in [6, 6.07) is 19.0. The second kappa shape index (κ2) is 12.1. The van der Waals surface area contributed by atoms with Crippen molar-refractivity contribution in [3.63, 3.8) is 0 Å². The topological polar surface area (TPSA) is 57.7 Å². The summed E-state index contributed by atoms with van der Waals surface area (Å²) in [7, 11) is 4.11. The molecule has 1 N–H and O–H groups in total. The number of benzene rings is 2. The normalized spacial score (nSPS) is 18.6. The van der Waals surface area contributed by atoms with Crippen LogP contribution in [0.1, 0.15) is 24.1 Å². The van der Waals surface area contributed by atoms with Gasteiger partial charge in [0.2, 0.25) is 5.91 Å². The van der Waals surface area contributed by atoms with Gasteiger partial charge in [-0.1, -0.05) is 36.4 Å². The van der Waals surface area contributed by atoms with Crippen LogP contribution in [0.15, 0.2) is 60.8 Å². The van der Waals surface area contributed by atoms with E-state index in [2.05, 4.69) is 76.7 Å². The van der Waals surface area contributed by atoms with Gasteiger partial charge in [-0.15, -0.1) is 0 Å². The highest BCUT2D eigenvalue weighted by Crippen LogP contribution is 2.26. The lowest BCUT2D eigenvalue weighted by Crippen LogP contribution is -2.47. The molecule has 0 spiro atoms. The zero-order valence-electron chi connectivity index (χ0n) is 21.2. The van der Waals surface area contributed by atoms with E-state index in [1.165, 1.54) is 16.3 Å². The summed E-state index contributed by atoms with van der Waals surface area (Å²) in [5.41, 5.74) is 2.25. The van der Waals surface area contributed by atoms with Gasteiger partial charge in [0.1, 0.15) is 5.75 Å². The lowest BCUT2D eigenvalue weighted by Gasteiger charge is -2.37. The fourth-order valence-corrected chi connectivity index (χ4v) is 4.84. The lowest BCUT2D eigenvalue weighted by molar-refractivity contribution is -0.127. The average molecular weight is 475 g/mol. The molecule has 4 rings (SSSR count). The number of aryl methyl sites for hydroxylation is 1. The first-order chi connectivity index (χ1) is 17.0. The third kappa shape index (κ3) is 7.51. The minimum Gasteiger partial charge on any atom is -0.492 e. The quantitative estimate of drug-likeness (QED) is 0.448. The smallest absolute Gasteiger partial charge is 0.224 e. The maximum Gasteiger partial charge on any atom is 0.224 e. The standard InChI is InChI=1S/C29H38N4O2/c1-22-9-12-28(17-31-22)35-21-24-16-27(29(34)30-13-6-14-32(2)3)20-33(19-24)18-23-10-11-25-7-4-5-8-26(25)15-23/h4-5,7-12,15,17,24,27H,6,13-14,16,18-21H2,1-3H3,(H,30,34)/t24-,27+/m0/s1. The molecule has 0 saturated carbocycles. The molecule has 35 heavy (non-hydrogen) atoms. The molecule has 1 aliphatic heterocycles. The molecule has 2 aromatic carbocycles. The Morgan fingerprint density at radius 2 is 1.94 bits per heavy atom. The van der Waals surface area contributed by atoms with Crippen molar-refractivity contribution in [1.82, 2.24) is 20.1 Å². The summed E-state index contributed by atoms with van der Waals surface area (Å²) in [6.07, 6.45) is 3.58. The van der Waals surface area contributed by atoms with E-state index in [9.17, 15) is 4.79 Å². The molecule has 2 heterocycles. The van der Waals surface area contributed by atoms with Crippen LogP contribution in [0.5, 0.6) is 5.75 Å². The molecular weight excluding hydrogens is 436 g/mol. The van der Waals surface area contributed by atoms with Crippen molar-refractivity contribution in [1.29, 1.82) is 0 Å². The molecule has 1 aliphatic rings. The Kier molecular flexibility index (Phi) is 8.72. The molecule has 1 saturated heterocycles. The van der Waals surface area contributed by atoms with Crippen LogP contribution in [-0.4, -0.2) is 67.6 Å². The number of likely N-dealkylation sites (tertiary alicyclic amines) is 1. The summed E-state index contributed by atoms with van der Waals surface area (Å²) in [6.45, 7) is 6.76. The summed E-state index contributed by atoms with van der Waals surface area (Å²) >= 11 is 0. The second-order valence-corrected chi connectivity index (χ2v) is 10.1. The number of piperidine rings is 1. The van der Waals surface area contributed by atoms with Crippen LogP contribution in [0.2, 0.25) is 0 Å². The number of rotatable bonds is 10. The minimum atomic E-state index is -0.0340. The third-order valence-corrected chi connectivity index (χ3v) is 6.65. The first-order valence-electron chi connectivity index (χ1n) is 12.6. The number of aromatic nitrogens is 1. The van der Waals surface area contributed by atoms with Crippen molar-refractivity contribution in [2.75, 3.05) is 46.9 Å². The van der Waals surface area contributed by atoms with Gasteiger partial charge in [0.25, 0.3) is 0 Å². The van der Waals surface area contributed by atoms with Crippen molar-refractivity contribution in [3.05, 3.63) is 72.1 Å². The summed E-state index contributed by atoms with van der Waals surface area (Å²) in [5.74, 6) is 1.19.